The molecule has 4 heteroatoms. The van der Waals surface area contributed by atoms with E-state index >= 15 is 0 Å². The first-order valence-electron chi connectivity index (χ1n) is 9.12. The number of carbonyl (C=O) groups excluding carboxylic acids is 1. The van der Waals surface area contributed by atoms with Crippen molar-refractivity contribution in [2.75, 3.05) is 13.1 Å². The highest BCUT2D eigenvalue weighted by Gasteiger charge is 2.23. The number of likely N-dealkylation sites (tertiary alicyclic amines) is 1. The van der Waals surface area contributed by atoms with Crippen molar-refractivity contribution in [1.29, 1.82) is 0 Å². The molecule has 0 aliphatic carbocycles. The van der Waals surface area contributed by atoms with Gasteiger partial charge in [-0.1, -0.05) is 18.2 Å². The molecule has 1 fully saturated rings. The lowest BCUT2D eigenvalue weighted by molar-refractivity contribution is -0.133. The molecule has 1 atom stereocenters. The van der Waals surface area contributed by atoms with Gasteiger partial charge in [-0.2, -0.15) is 0 Å². The largest absolute Gasteiger partial charge is 0.342 e. The van der Waals surface area contributed by atoms with E-state index < -0.39 is 0 Å². The van der Waals surface area contributed by atoms with Crippen molar-refractivity contribution in [3.63, 3.8) is 0 Å². The zero-order chi connectivity index (χ0) is 17.5. The Morgan fingerprint density at radius 3 is 2.76 bits per heavy atom. The van der Waals surface area contributed by atoms with Crippen molar-refractivity contribution in [2.45, 2.75) is 38.5 Å². The number of hydrogen-bond acceptors (Lipinski definition) is 2. The number of nitrogens with zero attached hydrogens (tertiary/aromatic N) is 2. The third-order valence-corrected chi connectivity index (χ3v) is 5.03. The van der Waals surface area contributed by atoms with Crippen LogP contribution < -0.4 is 0 Å². The summed E-state index contributed by atoms with van der Waals surface area (Å²) in [6.45, 7) is 1.66. The van der Waals surface area contributed by atoms with Gasteiger partial charge in [-0.05, 0) is 67.3 Å². The third-order valence-electron chi connectivity index (χ3n) is 5.03. The average molecular weight is 340 g/mol. The molecular formula is C21H25FN2O. The van der Waals surface area contributed by atoms with Crippen LogP contribution in [-0.2, 0) is 17.6 Å². The Morgan fingerprint density at radius 1 is 1.16 bits per heavy atom. The molecule has 1 amide bonds. The molecule has 0 saturated carbocycles. The lowest BCUT2D eigenvalue weighted by atomic mass is 9.91. The Balaban J connectivity index is 1.47. The second-order valence-electron chi connectivity index (χ2n) is 6.83. The first-order chi connectivity index (χ1) is 12.2. The van der Waals surface area contributed by atoms with Crippen LogP contribution in [-0.4, -0.2) is 28.9 Å². The number of amides is 1. The summed E-state index contributed by atoms with van der Waals surface area (Å²) < 4.78 is 13.7. The zero-order valence-corrected chi connectivity index (χ0v) is 14.5. The molecule has 3 rings (SSSR count). The van der Waals surface area contributed by atoms with Gasteiger partial charge in [0.15, 0.2) is 0 Å². The number of halogens is 1. The Kier molecular flexibility index (Phi) is 6.15. The summed E-state index contributed by atoms with van der Waals surface area (Å²) in [6, 6.07) is 10.9. The number of aryl methyl sites for hydroxylation is 2. The monoisotopic (exact) mass is 340 g/mol. The van der Waals surface area contributed by atoms with Crippen LogP contribution in [0.3, 0.4) is 0 Å². The molecule has 1 aliphatic heterocycles. The summed E-state index contributed by atoms with van der Waals surface area (Å²) in [4.78, 5) is 18.5. The van der Waals surface area contributed by atoms with Crippen LogP contribution in [0.15, 0.2) is 48.8 Å². The average Bonchev–Trinajstić information content (AvgIpc) is 2.66. The first kappa shape index (κ1) is 17.6. The molecule has 0 radical (unpaired) electrons. The van der Waals surface area contributed by atoms with Crippen LogP contribution in [0, 0.1) is 11.7 Å². The van der Waals surface area contributed by atoms with E-state index in [1.807, 2.05) is 29.2 Å². The van der Waals surface area contributed by atoms with E-state index in [1.165, 1.54) is 6.07 Å². The highest BCUT2D eigenvalue weighted by molar-refractivity contribution is 5.76. The van der Waals surface area contributed by atoms with E-state index in [9.17, 15) is 9.18 Å². The molecule has 0 N–H and O–H groups in total. The predicted octanol–water partition coefficient (Wildman–Crippen LogP) is 4.02. The maximum absolute atomic E-state index is 13.7. The minimum Gasteiger partial charge on any atom is -0.342 e. The van der Waals surface area contributed by atoms with Gasteiger partial charge in [0.05, 0.1) is 0 Å². The van der Waals surface area contributed by atoms with Crippen molar-refractivity contribution in [2.24, 2.45) is 5.92 Å². The maximum Gasteiger partial charge on any atom is 0.222 e. The van der Waals surface area contributed by atoms with Crippen LogP contribution in [0.4, 0.5) is 4.39 Å². The van der Waals surface area contributed by atoms with Crippen LogP contribution in [0.25, 0.3) is 0 Å². The van der Waals surface area contributed by atoms with Crippen molar-refractivity contribution in [1.82, 2.24) is 9.88 Å². The molecule has 3 nitrogen and oxygen atoms in total. The number of rotatable bonds is 6. The third kappa shape index (κ3) is 5.12. The van der Waals surface area contributed by atoms with Gasteiger partial charge in [0, 0.05) is 31.9 Å². The molecule has 1 aromatic carbocycles. The van der Waals surface area contributed by atoms with Crippen LogP contribution >= 0.6 is 0 Å². The summed E-state index contributed by atoms with van der Waals surface area (Å²) in [6.07, 6.45) is 8.69. The topological polar surface area (TPSA) is 33.2 Å². The summed E-state index contributed by atoms with van der Waals surface area (Å²) >= 11 is 0. The highest BCUT2D eigenvalue weighted by atomic mass is 19.1. The summed E-state index contributed by atoms with van der Waals surface area (Å²) in [5.41, 5.74) is 1.93. The smallest absolute Gasteiger partial charge is 0.222 e. The second-order valence-corrected chi connectivity index (χ2v) is 6.83. The van der Waals surface area contributed by atoms with E-state index in [0.717, 1.165) is 56.3 Å². The van der Waals surface area contributed by atoms with Crippen molar-refractivity contribution >= 4 is 5.91 Å². The number of benzene rings is 1. The van der Waals surface area contributed by atoms with E-state index in [-0.39, 0.29) is 11.7 Å². The van der Waals surface area contributed by atoms with E-state index in [1.54, 1.807) is 18.5 Å². The minimum atomic E-state index is -0.122. The first-order valence-corrected chi connectivity index (χ1v) is 9.12. The summed E-state index contributed by atoms with van der Waals surface area (Å²) in [7, 11) is 0. The molecule has 132 valence electrons. The normalized spacial score (nSPS) is 17.5. The lowest BCUT2D eigenvalue weighted by Gasteiger charge is -2.33. The van der Waals surface area contributed by atoms with Crippen molar-refractivity contribution in [3.8, 4) is 0 Å². The van der Waals surface area contributed by atoms with Crippen LogP contribution in [0.2, 0.25) is 0 Å². The van der Waals surface area contributed by atoms with E-state index in [2.05, 4.69) is 4.98 Å². The van der Waals surface area contributed by atoms with E-state index in [0.29, 0.717) is 12.3 Å². The van der Waals surface area contributed by atoms with Crippen molar-refractivity contribution in [3.05, 3.63) is 65.7 Å². The Morgan fingerprint density at radius 2 is 1.96 bits per heavy atom. The quantitative estimate of drug-likeness (QED) is 0.795. The Labute approximate surface area is 148 Å². The molecule has 0 spiro atoms. The summed E-state index contributed by atoms with van der Waals surface area (Å²) in [5, 5.41) is 0. The molecule has 0 bridgehead atoms. The van der Waals surface area contributed by atoms with Gasteiger partial charge in [-0.3, -0.25) is 9.78 Å². The molecule has 2 aromatic rings. The Bertz CT molecular complexity index is 689. The fourth-order valence-electron chi connectivity index (χ4n) is 3.55. The maximum atomic E-state index is 13.7. The van der Waals surface area contributed by atoms with Crippen molar-refractivity contribution < 1.29 is 9.18 Å². The fraction of sp³-hybridized carbons (Fsp3) is 0.429. The SMILES string of the molecule is O=C(CCc1ccncc1)N1CCC[C@H](CCc2ccccc2F)C1. The minimum absolute atomic E-state index is 0.122. The van der Waals surface area contributed by atoms with Crippen LogP contribution in [0.1, 0.15) is 36.8 Å². The molecule has 0 unspecified atom stereocenters. The molecule has 25 heavy (non-hydrogen) atoms. The molecule has 1 aliphatic rings. The molecular weight excluding hydrogens is 315 g/mol. The van der Waals surface area contributed by atoms with Gasteiger partial charge in [0.1, 0.15) is 5.82 Å². The number of hydrogen-bond donors (Lipinski definition) is 0. The molecule has 2 heterocycles. The van der Waals surface area contributed by atoms with Crippen LogP contribution in [0.5, 0.6) is 0 Å². The highest BCUT2D eigenvalue weighted by Crippen LogP contribution is 2.23. The number of aromatic nitrogens is 1. The van der Waals surface area contributed by atoms with Gasteiger partial charge >= 0.3 is 0 Å². The van der Waals surface area contributed by atoms with Gasteiger partial charge in [0.25, 0.3) is 0 Å². The van der Waals surface area contributed by atoms with E-state index in [4.69, 9.17) is 0 Å². The molecule has 1 aromatic heterocycles. The lowest BCUT2D eigenvalue weighted by Crippen LogP contribution is -2.40. The number of pyridine rings is 1. The second kappa shape index (κ2) is 8.75. The number of piperidine rings is 1. The zero-order valence-electron chi connectivity index (χ0n) is 14.5. The molecule has 1 saturated heterocycles. The summed E-state index contributed by atoms with van der Waals surface area (Å²) in [5.74, 6) is 0.578. The predicted molar refractivity (Wildman–Crippen MR) is 96.6 cm³/mol. The van der Waals surface area contributed by atoms with Gasteiger partial charge < -0.3 is 4.90 Å². The standard InChI is InChI=1S/C21H25FN2O/c22-20-6-2-1-5-19(20)9-7-18-4-3-15-24(16-18)21(25)10-8-17-11-13-23-14-12-17/h1-2,5-6,11-14,18H,3-4,7-10,15-16H2/t18-/m1/s1. The number of carbonyl (C=O) groups is 1. The van der Waals surface area contributed by atoms with Gasteiger partial charge in [-0.25, -0.2) is 4.39 Å². The van der Waals surface area contributed by atoms with Gasteiger partial charge in [-0.15, -0.1) is 0 Å². The fourth-order valence-corrected chi connectivity index (χ4v) is 3.55. The Hall–Kier alpha value is -2.23. The van der Waals surface area contributed by atoms with Gasteiger partial charge in [0.2, 0.25) is 5.91 Å².